The van der Waals surface area contributed by atoms with E-state index in [9.17, 15) is 0 Å². The number of hydrogen-bond donors (Lipinski definition) is 0. The Morgan fingerprint density at radius 1 is 0.833 bits per heavy atom. The van der Waals surface area contributed by atoms with E-state index in [2.05, 4.69) is 75.9 Å². The fraction of sp³-hybridized carbons (Fsp3) is 0.750. The lowest BCUT2D eigenvalue weighted by atomic mass is 10.3. The number of halogens is 4. The number of rotatable bonds is 2. The van der Waals surface area contributed by atoms with Crippen LogP contribution in [0.5, 0.6) is 0 Å². The molecule has 0 aliphatic heterocycles. The summed E-state index contributed by atoms with van der Waals surface area (Å²) < 4.78 is 0.430. The summed E-state index contributed by atoms with van der Waals surface area (Å²) in [5, 5.41) is 0. The molecule has 2 fully saturated rings. The SMILES string of the molecule is BrC1(Br)C[C@H]1/C=C\[C@@H]1CC1(Br)Br. The summed E-state index contributed by atoms with van der Waals surface area (Å²) in [6.45, 7) is 0. The fourth-order valence-electron chi connectivity index (χ4n) is 1.15. The van der Waals surface area contributed by atoms with Crippen molar-refractivity contribution < 1.29 is 0 Å². The van der Waals surface area contributed by atoms with Gasteiger partial charge >= 0.3 is 0 Å². The summed E-state index contributed by atoms with van der Waals surface area (Å²) in [5.41, 5.74) is 0. The van der Waals surface area contributed by atoms with E-state index in [0.717, 1.165) is 0 Å². The average Bonchev–Trinajstić information content (AvgIpc) is 2.68. The second-order valence-electron chi connectivity index (χ2n) is 3.53. The first-order chi connectivity index (χ1) is 5.42. The highest BCUT2D eigenvalue weighted by molar-refractivity contribution is 9.26. The van der Waals surface area contributed by atoms with Crippen molar-refractivity contribution in [3.63, 3.8) is 0 Å². The van der Waals surface area contributed by atoms with Crippen LogP contribution in [0.4, 0.5) is 0 Å². The van der Waals surface area contributed by atoms with Crippen LogP contribution in [0.3, 0.4) is 0 Å². The van der Waals surface area contributed by atoms with Gasteiger partial charge < -0.3 is 0 Å². The van der Waals surface area contributed by atoms with E-state index in [1.807, 2.05) is 0 Å². The van der Waals surface area contributed by atoms with E-state index in [-0.39, 0.29) is 6.47 Å². The van der Waals surface area contributed by atoms with Gasteiger partial charge in [0.1, 0.15) is 0 Å². The van der Waals surface area contributed by atoms with Gasteiger partial charge in [0.15, 0.2) is 0 Å². The molecule has 0 spiro atoms. The molecule has 0 unspecified atom stereocenters. The van der Waals surface area contributed by atoms with Gasteiger partial charge in [0.25, 0.3) is 0 Å². The van der Waals surface area contributed by atoms with Gasteiger partial charge in [-0.3, -0.25) is 0 Å². The van der Waals surface area contributed by atoms with E-state index in [1.54, 1.807) is 0 Å². The first-order valence-electron chi connectivity index (χ1n) is 3.86. The molecule has 0 bridgehead atoms. The first-order valence-corrected chi connectivity index (χ1v) is 7.03. The van der Waals surface area contributed by atoms with Crippen LogP contribution >= 0.6 is 63.7 Å². The Morgan fingerprint density at radius 2 is 1.08 bits per heavy atom. The van der Waals surface area contributed by atoms with E-state index in [0.29, 0.717) is 11.8 Å². The monoisotopic (exact) mass is 420 g/mol. The smallest absolute Gasteiger partial charge is 0.0827 e. The van der Waals surface area contributed by atoms with Crippen molar-refractivity contribution in [2.75, 3.05) is 0 Å². The Bertz CT molecular complexity index is 207. The maximum absolute atomic E-state index is 3.59. The minimum absolute atomic E-state index is 0.215. The average molecular weight is 424 g/mol. The molecule has 0 nitrogen and oxygen atoms in total. The lowest BCUT2D eigenvalue weighted by molar-refractivity contribution is 1.05. The summed E-state index contributed by atoms with van der Waals surface area (Å²) >= 11 is 14.4. The lowest BCUT2D eigenvalue weighted by Gasteiger charge is -1.93. The molecule has 2 aliphatic carbocycles. The molecule has 0 saturated heterocycles. The van der Waals surface area contributed by atoms with Gasteiger partial charge in [0.05, 0.1) is 6.47 Å². The largest absolute Gasteiger partial charge is 0.0875 e. The molecule has 0 aromatic carbocycles. The summed E-state index contributed by atoms with van der Waals surface area (Å²) in [7, 11) is 0. The molecular formula is C8H8Br4. The Balaban J connectivity index is 1.82. The minimum Gasteiger partial charge on any atom is -0.0827 e. The molecular weight excluding hydrogens is 416 g/mol. The zero-order valence-corrected chi connectivity index (χ0v) is 12.6. The maximum Gasteiger partial charge on any atom is 0.0875 e. The number of hydrogen-bond acceptors (Lipinski definition) is 0. The molecule has 0 radical (unpaired) electrons. The van der Waals surface area contributed by atoms with Crippen LogP contribution < -0.4 is 0 Å². The van der Waals surface area contributed by atoms with E-state index in [1.165, 1.54) is 12.8 Å². The maximum atomic E-state index is 3.59. The van der Waals surface area contributed by atoms with Crippen LogP contribution in [0.15, 0.2) is 12.2 Å². The molecule has 0 aromatic heterocycles. The van der Waals surface area contributed by atoms with Crippen molar-refractivity contribution in [3.8, 4) is 0 Å². The van der Waals surface area contributed by atoms with Crippen molar-refractivity contribution in [3.05, 3.63) is 12.2 Å². The van der Waals surface area contributed by atoms with Gasteiger partial charge in [-0.1, -0.05) is 75.9 Å². The summed E-state index contributed by atoms with van der Waals surface area (Å²) in [5.74, 6) is 1.35. The van der Waals surface area contributed by atoms with Crippen molar-refractivity contribution in [2.24, 2.45) is 11.8 Å². The molecule has 2 atom stereocenters. The molecule has 0 aromatic rings. The predicted molar refractivity (Wildman–Crippen MR) is 66.5 cm³/mol. The van der Waals surface area contributed by atoms with Crippen molar-refractivity contribution >= 4 is 63.7 Å². The van der Waals surface area contributed by atoms with Gasteiger partial charge in [-0.05, 0) is 12.8 Å². The number of allylic oxidation sites excluding steroid dienone is 2. The molecule has 68 valence electrons. The standard InChI is InChI=1S/C8H8Br4/c9-7(10)3-5(7)1-2-6-4-8(6,11)12/h1-2,5-6H,3-4H2/b2-1-/t5-,6-/m1/s1. The molecule has 12 heavy (non-hydrogen) atoms. The van der Waals surface area contributed by atoms with Crippen LogP contribution in [-0.2, 0) is 0 Å². The van der Waals surface area contributed by atoms with E-state index in [4.69, 9.17) is 0 Å². The third kappa shape index (κ3) is 2.18. The van der Waals surface area contributed by atoms with Crippen LogP contribution in [-0.4, -0.2) is 6.47 Å². The highest BCUT2D eigenvalue weighted by atomic mass is 79.9. The Morgan fingerprint density at radius 3 is 1.25 bits per heavy atom. The van der Waals surface area contributed by atoms with Crippen LogP contribution in [0.2, 0.25) is 0 Å². The molecule has 2 rings (SSSR count). The Hall–Kier alpha value is 1.66. The second-order valence-corrected chi connectivity index (χ2v) is 11.3. The van der Waals surface area contributed by atoms with Gasteiger partial charge in [0.2, 0.25) is 0 Å². The zero-order valence-electron chi connectivity index (χ0n) is 6.24. The van der Waals surface area contributed by atoms with Crippen LogP contribution in [0, 0.1) is 11.8 Å². The Labute approximate surface area is 106 Å². The molecule has 2 aliphatic rings. The van der Waals surface area contributed by atoms with Gasteiger partial charge in [-0.2, -0.15) is 0 Å². The first kappa shape index (κ1) is 10.2. The molecule has 2 saturated carbocycles. The number of alkyl halides is 4. The zero-order chi connectivity index (χ0) is 8.98. The van der Waals surface area contributed by atoms with Gasteiger partial charge in [0, 0.05) is 11.8 Å². The van der Waals surface area contributed by atoms with Crippen molar-refractivity contribution in [2.45, 2.75) is 19.3 Å². The molecule has 0 heterocycles. The van der Waals surface area contributed by atoms with E-state index >= 15 is 0 Å². The summed E-state index contributed by atoms with van der Waals surface area (Å²) in [6.07, 6.45) is 7.01. The highest BCUT2D eigenvalue weighted by Crippen LogP contribution is 2.60. The molecule has 0 N–H and O–H groups in total. The molecule has 4 heteroatoms. The van der Waals surface area contributed by atoms with Crippen LogP contribution in [0.1, 0.15) is 12.8 Å². The van der Waals surface area contributed by atoms with Gasteiger partial charge in [-0.15, -0.1) is 0 Å². The van der Waals surface area contributed by atoms with E-state index < -0.39 is 0 Å². The highest BCUT2D eigenvalue weighted by Gasteiger charge is 2.51. The third-order valence-electron chi connectivity index (χ3n) is 2.32. The minimum atomic E-state index is 0.215. The summed E-state index contributed by atoms with van der Waals surface area (Å²) in [4.78, 5) is 0. The predicted octanol–water partition coefficient (Wildman–Crippen LogP) is 4.55. The lowest BCUT2D eigenvalue weighted by Crippen LogP contribution is -1.86. The van der Waals surface area contributed by atoms with Gasteiger partial charge in [-0.25, -0.2) is 0 Å². The van der Waals surface area contributed by atoms with Crippen molar-refractivity contribution in [1.82, 2.24) is 0 Å². The molecule has 0 amide bonds. The van der Waals surface area contributed by atoms with Crippen molar-refractivity contribution in [1.29, 1.82) is 0 Å². The summed E-state index contributed by atoms with van der Waals surface area (Å²) in [6, 6.07) is 0. The topological polar surface area (TPSA) is 0 Å². The van der Waals surface area contributed by atoms with Crippen LogP contribution in [0.25, 0.3) is 0 Å². The Kier molecular flexibility index (Phi) is 2.61. The normalized spacial score (nSPS) is 41.7. The fourth-order valence-corrected chi connectivity index (χ4v) is 3.16. The quantitative estimate of drug-likeness (QED) is 0.451. The second kappa shape index (κ2) is 3.07. The third-order valence-corrected chi connectivity index (χ3v) is 5.97.